The zero-order chi connectivity index (χ0) is 23.5. The Hall–Kier alpha value is -3.72. The molecule has 0 saturated carbocycles. The van der Waals surface area contributed by atoms with Crippen molar-refractivity contribution in [1.82, 2.24) is 19.6 Å². The Morgan fingerprint density at radius 2 is 1.88 bits per heavy atom. The third-order valence-corrected chi connectivity index (χ3v) is 5.32. The molecule has 4 aromatic rings. The van der Waals surface area contributed by atoms with Crippen LogP contribution in [-0.2, 0) is 13.3 Å². The lowest BCUT2D eigenvalue weighted by molar-refractivity contribution is 0.102. The van der Waals surface area contributed by atoms with Crippen molar-refractivity contribution in [3.05, 3.63) is 94.0 Å². The monoisotopic (exact) mass is 471 g/mol. The fourth-order valence-electron chi connectivity index (χ4n) is 3.26. The van der Waals surface area contributed by atoms with Gasteiger partial charge in [-0.3, -0.25) is 9.48 Å². The number of benzene rings is 2. The summed E-state index contributed by atoms with van der Waals surface area (Å²) < 4.78 is 35.8. The number of ether oxygens (including phenoxy) is 1. The van der Waals surface area contributed by atoms with Crippen LogP contribution in [0.25, 0.3) is 0 Å². The predicted molar refractivity (Wildman–Crippen MR) is 119 cm³/mol. The maximum Gasteiger partial charge on any atom is 0.276 e. The van der Waals surface area contributed by atoms with Crippen molar-refractivity contribution in [2.24, 2.45) is 0 Å². The maximum absolute atomic E-state index is 14.0. The number of halogens is 3. The Bertz CT molecular complexity index is 1320. The molecule has 2 aromatic heterocycles. The molecule has 2 heterocycles. The maximum atomic E-state index is 14.0. The number of carbonyl (C=O) groups excluding carboxylic acids is 1. The van der Waals surface area contributed by atoms with Gasteiger partial charge in [0.2, 0.25) is 0 Å². The number of nitrogens with zero attached hydrogens (tertiary/aromatic N) is 4. The summed E-state index contributed by atoms with van der Waals surface area (Å²) in [6.07, 6.45) is 1.58. The molecule has 0 saturated heterocycles. The van der Waals surface area contributed by atoms with Crippen molar-refractivity contribution in [2.75, 3.05) is 5.32 Å². The van der Waals surface area contributed by atoms with Gasteiger partial charge >= 0.3 is 0 Å². The third-order valence-electron chi connectivity index (χ3n) is 5.03. The zero-order valence-electron chi connectivity index (χ0n) is 17.8. The van der Waals surface area contributed by atoms with Crippen molar-refractivity contribution in [3.63, 3.8) is 0 Å². The number of anilines is 1. The van der Waals surface area contributed by atoms with E-state index in [0.29, 0.717) is 28.4 Å². The molecule has 33 heavy (non-hydrogen) atoms. The minimum absolute atomic E-state index is 0.00781. The summed E-state index contributed by atoms with van der Waals surface area (Å²) in [6.45, 7) is 3.82. The van der Waals surface area contributed by atoms with Gasteiger partial charge in [0.25, 0.3) is 5.91 Å². The number of amides is 1. The number of hydrogen-bond donors (Lipinski definition) is 1. The molecular formula is C23H20ClF2N5O2. The first-order valence-corrected chi connectivity index (χ1v) is 10.4. The van der Waals surface area contributed by atoms with Gasteiger partial charge in [0, 0.05) is 17.8 Å². The van der Waals surface area contributed by atoms with Crippen LogP contribution in [0.3, 0.4) is 0 Å². The van der Waals surface area contributed by atoms with Gasteiger partial charge in [-0.2, -0.15) is 10.2 Å². The van der Waals surface area contributed by atoms with Crippen LogP contribution in [0.4, 0.5) is 14.5 Å². The van der Waals surface area contributed by atoms with E-state index in [-0.39, 0.29) is 29.8 Å². The summed E-state index contributed by atoms with van der Waals surface area (Å²) in [6, 6.07) is 12.0. The van der Waals surface area contributed by atoms with Gasteiger partial charge in [-0.15, -0.1) is 0 Å². The second-order valence-electron chi connectivity index (χ2n) is 7.34. The van der Waals surface area contributed by atoms with Crippen molar-refractivity contribution in [2.45, 2.75) is 27.1 Å². The van der Waals surface area contributed by atoms with Crippen LogP contribution in [0.5, 0.6) is 5.75 Å². The van der Waals surface area contributed by atoms with Crippen LogP contribution >= 0.6 is 11.6 Å². The summed E-state index contributed by atoms with van der Waals surface area (Å²) in [5, 5.41) is 11.4. The highest BCUT2D eigenvalue weighted by atomic mass is 35.5. The molecule has 1 N–H and O–H groups in total. The SMILES string of the molecule is Cc1nn(Cc2ccccc2F)c(C)c1NC(=O)c1ccn(COc2ccc(F)c(Cl)c2)n1. The summed E-state index contributed by atoms with van der Waals surface area (Å²) >= 11 is 5.74. The average Bonchev–Trinajstić information content (AvgIpc) is 3.37. The molecule has 0 fully saturated rings. The van der Waals surface area contributed by atoms with E-state index < -0.39 is 11.7 Å². The predicted octanol–water partition coefficient (Wildman–Crippen LogP) is 4.97. The van der Waals surface area contributed by atoms with Crippen molar-refractivity contribution in [3.8, 4) is 5.75 Å². The third kappa shape index (κ3) is 5.04. The lowest BCUT2D eigenvalue weighted by Gasteiger charge is -2.08. The number of aromatic nitrogens is 4. The van der Waals surface area contributed by atoms with Gasteiger partial charge in [0.15, 0.2) is 12.4 Å². The van der Waals surface area contributed by atoms with Crippen molar-refractivity contribution in [1.29, 1.82) is 0 Å². The largest absolute Gasteiger partial charge is 0.471 e. The van der Waals surface area contributed by atoms with Crippen molar-refractivity contribution >= 4 is 23.2 Å². The number of aryl methyl sites for hydroxylation is 1. The number of hydrogen-bond acceptors (Lipinski definition) is 4. The topological polar surface area (TPSA) is 74.0 Å². The van der Waals surface area contributed by atoms with E-state index in [1.807, 2.05) is 0 Å². The fourth-order valence-corrected chi connectivity index (χ4v) is 3.43. The molecule has 0 atom stereocenters. The summed E-state index contributed by atoms with van der Waals surface area (Å²) in [4.78, 5) is 12.7. The second-order valence-corrected chi connectivity index (χ2v) is 7.75. The lowest BCUT2D eigenvalue weighted by atomic mass is 10.2. The Labute approximate surface area is 193 Å². The van der Waals surface area contributed by atoms with Gasteiger partial charge in [0.1, 0.15) is 17.4 Å². The van der Waals surface area contributed by atoms with E-state index >= 15 is 0 Å². The van der Waals surface area contributed by atoms with Crippen LogP contribution < -0.4 is 10.1 Å². The fraction of sp³-hybridized carbons (Fsp3) is 0.174. The first-order chi connectivity index (χ1) is 15.8. The van der Waals surface area contributed by atoms with Crippen LogP contribution in [-0.4, -0.2) is 25.5 Å². The summed E-state index contributed by atoms with van der Waals surface area (Å²) in [7, 11) is 0. The van der Waals surface area contributed by atoms with Gasteiger partial charge in [-0.05, 0) is 38.1 Å². The molecule has 7 nitrogen and oxygen atoms in total. The molecule has 170 valence electrons. The van der Waals surface area contributed by atoms with E-state index in [1.165, 1.54) is 28.9 Å². The molecule has 2 aromatic carbocycles. The molecule has 0 aliphatic carbocycles. The average molecular weight is 472 g/mol. The van der Waals surface area contributed by atoms with Gasteiger partial charge in [-0.1, -0.05) is 29.8 Å². The molecule has 0 bridgehead atoms. The van der Waals surface area contributed by atoms with E-state index in [1.54, 1.807) is 49.0 Å². The molecular weight excluding hydrogens is 452 g/mol. The minimum atomic E-state index is -0.537. The van der Waals surface area contributed by atoms with Gasteiger partial charge in [-0.25, -0.2) is 13.5 Å². The summed E-state index contributed by atoms with van der Waals surface area (Å²) in [5.74, 6) is -0.900. The highest BCUT2D eigenvalue weighted by Gasteiger charge is 2.18. The molecule has 0 aliphatic rings. The molecule has 0 unspecified atom stereocenters. The molecule has 0 aliphatic heterocycles. The zero-order valence-corrected chi connectivity index (χ0v) is 18.6. The van der Waals surface area contributed by atoms with E-state index in [0.717, 1.165) is 0 Å². The van der Waals surface area contributed by atoms with Crippen LogP contribution in [0.1, 0.15) is 27.4 Å². The quantitative estimate of drug-likeness (QED) is 0.413. The van der Waals surface area contributed by atoms with Crippen LogP contribution in [0.15, 0.2) is 54.7 Å². The van der Waals surface area contributed by atoms with Crippen molar-refractivity contribution < 1.29 is 18.3 Å². The standard InChI is InChI=1S/C23H20ClF2N5O2/c1-14-22(15(2)31(28-14)12-16-5-3-4-6-19(16)25)27-23(32)21-9-10-30(29-21)13-33-17-7-8-20(26)18(24)11-17/h3-11H,12-13H2,1-2H3,(H,27,32). The smallest absolute Gasteiger partial charge is 0.276 e. The Morgan fingerprint density at radius 3 is 2.64 bits per heavy atom. The molecule has 0 spiro atoms. The lowest BCUT2D eigenvalue weighted by Crippen LogP contribution is -2.15. The van der Waals surface area contributed by atoms with Crippen LogP contribution in [0.2, 0.25) is 5.02 Å². The van der Waals surface area contributed by atoms with E-state index in [4.69, 9.17) is 16.3 Å². The van der Waals surface area contributed by atoms with E-state index in [2.05, 4.69) is 15.5 Å². The Morgan fingerprint density at radius 1 is 1.09 bits per heavy atom. The minimum Gasteiger partial charge on any atom is -0.471 e. The Balaban J connectivity index is 1.42. The van der Waals surface area contributed by atoms with Gasteiger partial charge < -0.3 is 10.1 Å². The molecule has 4 rings (SSSR count). The molecule has 1 amide bonds. The Kier molecular flexibility index (Phi) is 6.41. The molecule has 0 radical (unpaired) electrons. The number of rotatable bonds is 7. The highest BCUT2D eigenvalue weighted by molar-refractivity contribution is 6.30. The van der Waals surface area contributed by atoms with E-state index in [9.17, 15) is 13.6 Å². The first-order valence-electron chi connectivity index (χ1n) is 10.0. The van der Waals surface area contributed by atoms with Gasteiger partial charge in [0.05, 0.1) is 28.6 Å². The number of nitrogens with one attached hydrogen (secondary N) is 1. The van der Waals surface area contributed by atoms with Crippen LogP contribution in [0, 0.1) is 25.5 Å². The summed E-state index contributed by atoms with van der Waals surface area (Å²) in [5.41, 5.74) is 2.52. The first kappa shape index (κ1) is 22.5. The second kappa shape index (κ2) is 9.41. The highest BCUT2D eigenvalue weighted by Crippen LogP contribution is 2.23. The molecule has 10 heteroatoms. The normalized spacial score (nSPS) is 10.9. The number of carbonyl (C=O) groups is 1.